The van der Waals surface area contributed by atoms with Crippen LogP contribution < -0.4 is 10.3 Å². The van der Waals surface area contributed by atoms with E-state index in [-0.39, 0.29) is 18.0 Å². The number of pyridine rings is 1. The van der Waals surface area contributed by atoms with E-state index in [1.165, 1.54) is 11.0 Å². The number of piperidine rings is 1. The first kappa shape index (κ1) is 13.6. The first-order chi connectivity index (χ1) is 9.22. The molecule has 0 bridgehead atoms. The molecule has 2 heterocycles. The van der Waals surface area contributed by atoms with Crippen molar-refractivity contribution < 1.29 is 9.53 Å². The number of aromatic nitrogens is 1. The molecule has 1 aromatic rings. The molecule has 0 aromatic carbocycles. The Labute approximate surface area is 112 Å². The molecule has 1 saturated heterocycles. The molecule has 0 aliphatic carbocycles. The largest absolute Gasteiger partial charge is 0.488 e. The molecular formula is C14H20N2O3. The van der Waals surface area contributed by atoms with Crippen LogP contribution in [0.5, 0.6) is 5.75 Å². The average Bonchev–Trinajstić information content (AvgIpc) is 2.44. The molecule has 1 amide bonds. The molecule has 0 spiro atoms. The number of amides is 1. The fraction of sp³-hybridized carbons (Fsp3) is 0.571. The Bertz CT molecular complexity index is 490. The highest BCUT2D eigenvalue weighted by Gasteiger charge is 2.17. The Hall–Kier alpha value is -1.78. The summed E-state index contributed by atoms with van der Waals surface area (Å²) in [5.74, 6) is 0.312. The van der Waals surface area contributed by atoms with Crippen LogP contribution in [-0.2, 0) is 11.3 Å². The summed E-state index contributed by atoms with van der Waals surface area (Å²) in [6.07, 6.45) is 4.93. The summed E-state index contributed by atoms with van der Waals surface area (Å²) in [4.78, 5) is 26.0. The van der Waals surface area contributed by atoms with Crippen LogP contribution in [0.3, 0.4) is 0 Å². The Kier molecular flexibility index (Phi) is 4.60. The van der Waals surface area contributed by atoms with Gasteiger partial charge >= 0.3 is 0 Å². The zero-order valence-electron chi connectivity index (χ0n) is 11.3. The molecule has 0 N–H and O–H groups in total. The van der Waals surface area contributed by atoms with Crippen LogP contribution in [0.2, 0.25) is 0 Å². The van der Waals surface area contributed by atoms with Crippen molar-refractivity contribution in [3.05, 3.63) is 28.7 Å². The van der Waals surface area contributed by atoms with Crippen molar-refractivity contribution >= 4 is 5.91 Å². The van der Waals surface area contributed by atoms with E-state index >= 15 is 0 Å². The maximum atomic E-state index is 12.1. The smallest absolute Gasteiger partial charge is 0.293 e. The van der Waals surface area contributed by atoms with Gasteiger partial charge in [0.05, 0.1) is 6.61 Å². The molecule has 5 heteroatoms. The lowest BCUT2D eigenvalue weighted by molar-refractivity contribution is -0.132. The summed E-state index contributed by atoms with van der Waals surface area (Å²) in [6.45, 7) is 3.98. The van der Waals surface area contributed by atoms with Gasteiger partial charge in [0.15, 0.2) is 5.75 Å². The van der Waals surface area contributed by atoms with E-state index in [1.807, 2.05) is 11.8 Å². The molecular weight excluding hydrogens is 244 g/mol. The van der Waals surface area contributed by atoms with Crippen LogP contribution in [0.4, 0.5) is 0 Å². The third-order valence-corrected chi connectivity index (χ3v) is 3.30. The van der Waals surface area contributed by atoms with Crippen molar-refractivity contribution in [2.45, 2.75) is 32.7 Å². The van der Waals surface area contributed by atoms with Crippen molar-refractivity contribution in [2.24, 2.45) is 0 Å². The van der Waals surface area contributed by atoms with Crippen molar-refractivity contribution in [3.63, 3.8) is 0 Å². The van der Waals surface area contributed by atoms with Gasteiger partial charge in [-0.05, 0) is 38.3 Å². The van der Waals surface area contributed by atoms with Gasteiger partial charge in [-0.2, -0.15) is 0 Å². The summed E-state index contributed by atoms with van der Waals surface area (Å²) < 4.78 is 6.66. The van der Waals surface area contributed by atoms with Crippen molar-refractivity contribution in [1.82, 2.24) is 9.47 Å². The second kappa shape index (κ2) is 6.41. The molecule has 1 aromatic heterocycles. The maximum absolute atomic E-state index is 12.1. The van der Waals surface area contributed by atoms with Crippen LogP contribution in [0.15, 0.2) is 23.1 Å². The van der Waals surface area contributed by atoms with Crippen LogP contribution in [0.25, 0.3) is 0 Å². The van der Waals surface area contributed by atoms with Gasteiger partial charge in [0, 0.05) is 19.3 Å². The highest BCUT2D eigenvalue weighted by Crippen LogP contribution is 2.09. The van der Waals surface area contributed by atoms with Gasteiger partial charge in [-0.1, -0.05) is 0 Å². The Balaban J connectivity index is 2.08. The van der Waals surface area contributed by atoms with Gasteiger partial charge in [-0.15, -0.1) is 0 Å². The van der Waals surface area contributed by atoms with Gasteiger partial charge in [0.1, 0.15) is 6.54 Å². The topological polar surface area (TPSA) is 51.5 Å². The van der Waals surface area contributed by atoms with Gasteiger partial charge < -0.3 is 14.2 Å². The van der Waals surface area contributed by atoms with Gasteiger partial charge in [-0.25, -0.2) is 0 Å². The fourth-order valence-electron chi connectivity index (χ4n) is 2.29. The fourth-order valence-corrected chi connectivity index (χ4v) is 2.29. The quantitative estimate of drug-likeness (QED) is 0.822. The Morgan fingerprint density at radius 2 is 2.05 bits per heavy atom. The molecule has 1 fully saturated rings. The summed E-state index contributed by atoms with van der Waals surface area (Å²) in [7, 11) is 0. The molecule has 2 rings (SSSR count). The van der Waals surface area contributed by atoms with Crippen molar-refractivity contribution in [2.75, 3.05) is 19.7 Å². The van der Waals surface area contributed by atoms with Crippen LogP contribution in [0, 0.1) is 0 Å². The van der Waals surface area contributed by atoms with E-state index < -0.39 is 0 Å². The summed E-state index contributed by atoms with van der Waals surface area (Å²) in [5.41, 5.74) is -0.241. The Morgan fingerprint density at radius 1 is 1.32 bits per heavy atom. The van der Waals surface area contributed by atoms with E-state index in [1.54, 1.807) is 18.3 Å². The third kappa shape index (κ3) is 3.36. The minimum absolute atomic E-state index is 0.00967. The molecule has 1 aliphatic heterocycles. The maximum Gasteiger partial charge on any atom is 0.293 e. The predicted octanol–water partition coefficient (Wildman–Crippen LogP) is 1.26. The summed E-state index contributed by atoms with van der Waals surface area (Å²) in [5, 5.41) is 0. The number of rotatable bonds is 4. The van der Waals surface area contributed by atoms with Crippen LogP contribution in [0.1, 0.15) is 26.2 Å². The molecule has 0 radical (unpaired) electrons. The molecule has 0 saturated carbocycles. The van der Waals surface area contributed by atoms with Gasteiger partial charge in [0.25, 0.3) is 5.56 Å². The molecule has 104 valence electrons. The lowest BCUT2D eigenvalue weighted by atomic mass is 10.1. The van der Waals surface area contributed by atoms with Crippen LogP contribution in [-0.4, -0.2) is 35.1 Å². The highest BCUT2D eigenvalue weighted by molar-refractivity contribution is 5.76. The summed E-state index contributed by atoms with van der Waals surface area (Å²) >= 11 is 0. The van der Waals surface area contributed by atoms with Crippen LogP contribution >= 0.6 is 0 Å². The lowest BCUT2D eigenvalue weighted by Gasteiger charge is -2.26. The molecule has 5 nitrogen and oxygen atoms in total. The zero-order chi connectivity index (χ0) is 13.7. The number of nitrogens with zero attached hydrogens (tertiary/aromatic N) is 2. The second-order valence-electron chi connectivity index (χ2n) is 4.68. The lowest BCUT2D eigenvalue weighted by Crippen LogP contribution is -2.39. The number of hydrogen-bond donors (Lipinski definition) is 0. The molecule has 19 heavy (non-hydrogen) atoms. The van der Waals surface area contributed by atoms with Crippen molar-refractivity contribution in [1.29, 1.82) is 0 Å². The van der Waals surface area contributed by atoms with E-state index in [2.05, 4.69) is 0 Å². The minimum Gasteiger partial charge on any atom is -0.488 e. The predicted molar refractivity (Wildman–Crippen MR) is 72.3 cm³/mol. The SMILES string of the molecule is CCOc1cccn(CC(=O)N2CCCCC2)c1=O. The van der Waals surface area contributed by atoms with Crippen molar-refractivity contribution in [3.8, 4) is 5.75 Å². The monoisotopic (exact) mass is 264 g/mol. The number of ether oxygens (including phenoxy) is 1. The number of carbonyl (C=O) groups is 1. The van der Waals surface area contributed by atoms with E-state index in [0.717, 1.165) is 25.9 Å². The first-order valence-corrected chi connectivity index (χ1v) is 6.82. The zero-order valence-corrected chi connectivity index (χ0v) is 11.3. The van der Waals surface area contributed by atoms with E-state index in [9.17, 15) is 9.59 Å². The molecule has 0 unspecified atom stereocenters. The van der Waals surface area contributed by atoms with E-state index in [0.29, 0.717) is 12.4 Å². The third-order valence-electron chi connectivity index (χ3n) is 3.30. The second-order valence-corrected chi connectivity index (χ2v) is 4.68. The number of carbonyl (C=O) groups excluding carboxylic acids is 1. The highest BCUT2D eigenvalue weighted by atomic mass is 16.5. The summed E-state index contributed by atoms with van der Waals surface area (Å²) in [6, 6.07) is 3.36. The number of hydrogen-bond acceptors (Lipinski definition) is 3. The van der Waals surface area contributed by atoms with Gasteiger partial charge in [-0.3, -0.25) is 9.59 Å². The number of likely N-dealkylation sites (tertiary alicyclic amines) is 1. The normalized spacial score (nSPS) is 15.3. The standard InChI is InChI=1S/C14H20N2O3/c1-2-19-12-7-6-10-16(14(12)18)11-13(17)15-8-4-3-5-9-15/h6-7,10H,2-5,8-9,11H2,1H3. The average molecular weight is 264 g/mol. The molecule has 0 atom stereocenters. The van der Waals surface area contributed by atoms with Gasteiger partial charge in [0.2, 0.25) is 5.91 Å². The molecule has 1 aliphatic rings. The minimum atomic E-state index is -0.241. The van der Waals surface area contributed by atoms with E-state index in [4.69, 9.17) is 4.74 Å². The first-order valence-electron chi connectivity index (χ1n) is 6.82. The Morgan fingerprint density at radius 3 is 2.74 bits per heavy atom.